The molecule has 0 saturated heterocycles. The molecular formula is C5H12O2S. The van der Waals surface area contributed by atoms with Crippen molar-refractivity contribution in [3.05, 3.63) is 0 Å². The Kier molecular flexibility index (Phi) is 3.24. The third-order valence-electron chi connectivity index (χ3n) is 0.801. The van der Waals surface area contributed by atoms with Crippen molar-refractivity contribution in [2.45, 2.75) is 31.5 Å². The molecule has 0 fully saturated rings. The molecule has 8 heavy (non-hydrogen) atoms. The Morgan fingerprint density at radius 2 is 1.75 bits per heavy atom. The molecule has 0 radical (unpaired) electrons. The third kappa shape index (κ3) is 2.43. The van der Waals surface area contributed by atoms with Crippen LogP contribution < -0.4 is 0 Å². The number of hydrogen-bond acceptors (Lipinski definition) is 2. The molecule has 2 unspecified atom stereocenters. The fourth-order valence-corrected chi connectivity index (χ4v) is 1.18. The van der Waals surface area contributed by atoms with Gasteiger partial charge in [-0.1, -0.05) is 13.8 Å². The highest BCUT2D eigenvalue weighted by molar-refractivity contribution is 7.86. The van der Waals surface area contributed by atoms with Gasteiger partial charge in [-0.3, -0.25) is 4.21 Å². The van der Waals surface area contributed by atoms with Crippen LogP contribution in [0.4, 0.5) is 0 Å². The highest BCUT2D eigenvalue weighted by atomic mass is 32.2. The first kappa shape index (κ1) is 8.11. The summed E-state index contributed by atoms with van der Waals surface area (Å²) in [6.07, 6.45) is 0. The van der Waals surface area contributed by atoms with Crippen molar-refractivity contribution in [2.75, 3.05) is 0 Å². The third-order valence-corrected chi connectivity index (χ3v) is 2.40. The zero-order chi connectivity index (χ0) is 6.73. The Morgan fingerprint density at radius 3 is 1.75 bits per heavy atom. The smallest absolute Gasteiger partial charge is 0.126 e. The molecule has 0 aliphatic rings. The maximum absolute atomic E-state index is 10.7. The van der Waals surface area contributed by atoms with E-state index >= 15 is 0 Å². The van der Waals surface area contributed by atoms with Crippen molar-refractivity contribution in [1.29, 1.82) is 0 Å². The van der Waals surface area contributed by atoms with Gasteiger partial charge in [0.25, 0.3) is 0 Å². The van der Waals surface area contributed by atoms with Crippen molar-refractivity contribution < 1.29 is 9.32 Å². The van der Waals surface area contributed by atoms with Gasteiger partial charge in [0.15, 0.2) is 0 Å². The summed E-state index contributed by atoms with van der Waals surface area (Å²) in [5.74, 6) is 0. The highest BCUT2D eigenvalue weighted by Gasteiger charge is 2.09. The van der Waals surface area contributed by atoms with Gasteiger partial charge in [0, 0.05) is 5.25 Å². The lowest BCUT2D eigenvalue weighted by molar-refractivity contribution is 0.276. The molecule has 2 atom stereocenters. The number of hydrogen-bond donors (Lipinski definition) is 1. The highest BCUT2D eigenvalue weighted by Crippen LogP contribution is 1.98. The van der Waals surface area contributed by atoms with Gasteiger partial charge in [-0.2, -0.15) is 0 Å². The summed E-state index contributed by atoms with van der Waals surface area (Å²) >= 11 is 0. The fourth-order valence-electron chi connectivity index (χ4n) is 0.394. The minimum atomic E-state index is -1.07. The van der Waals surface area contributed by atoms with E-state index in [2.05, 4.69) is 0 Å². The second-order valence-electron chi connectivity index (χ2n) is 1.98. The Morgan fingerprint density at radius 1 is 1.38 bits per heavy atom. The van der Waals surface area contributed by atoms with E-state index in [1.807, 2.05) is 13.8 Å². The average molecular weight is 136 g/mol. The monoisotopic (exact) mass is 136 g/mol. The molecule has 0 bridgehead atoms. The Hall–Kier alpha value is 0.110. The molecule has 0 aliphatic heterocycles. The zero-order valence-electron chi connectivity index (χ0n) is 5.42. The van der Waals surface area contributed by atoms with Crippen LogP contribution in [0.2, 0.25) is 0 Å². The lowest BCUT2D eigenvalue weighted by Crippen LogP contribution is -2.17. The number of rotatable bonds is 2. The SMILES string of the molecule is CC(C)S(=O)C(C)O. The van der Waals surface area contributed by atoms with Gasteiger partial charge in [0.05, 0.1) is 10.8 Å². The lowest BCUT2D eigenvalue weighted by atomic mass is 10.6. The molecule has 0 amide bonds. The molecule has 0 spiro atoms. The summed E-state index contributed by atoms with van der Waals surface area (Å²) in [5.41, 5.74) is -0.685. The molecule has 50 valence electrons. The predicted octanol–water partition coefficient (Wildman–Crippen LogP) is 0.482. The molecule has 0 saturated carbocycles. The standard InChI is InChI=1S/C5H12O2S/c1-4(2)8(7)5(3)6/h4-6H,1-3H3. The first-order valence-corrected chi connectivity index (χ1v) is 3.90. The summed E-state index contributed by atoms with van der Waals surface area (Å²) in [6.45, 7) is 5.18. The van der Waals surface area contributed by atoms with E-state index < -0.39 is 16.2 Å². The van der Waals surface area contributed by atoms with E-state index in [4.69, 9.17) is 5.11 Å². The Balaban J connectivity index is 3.65. The van der Waals surface area contributed by atoms with E-state index in [9.17, 15) is 4.21 Å². The van der Waals surface area contributed by atoms with Gasteiger partial charge in [0.2, 0.25) is 0 Å². The van der Waals surface area contributed by atoms with Gasteiger partial charge in [-0.05, 0) is 6.92 Å². The summed E-state index contributed by atoms with van der Waals surface area (Å²) < 4.78 is 10.7. The van der Waals surface area contributed by atoms with Crippen LogP contribution in [0.15, 0.2) is 0 Å². The molecular weight excluding hydrogens is 124 g/mol. The van der Waals surface area contributed by atoms with Crippen LogP contribution in [0.5, 0.6) is 0 Å². The molecule has 0 aromatic rings. The van der Waals surface area contributed by atoms with Crippen LogP contribution in [0, 0.1) is 0 Å². The fraction of sp³-hybridized carbons (Fsp3) is 1.00. The molecule has 0 heterocycles. The van der Waals surface area contributed by atoms with Crippen molar-refractivity contribution in [2.24, 2.45) is 0 Å². The van der Waals surface area contributed by atoms with E-state index in [0.717, 1.165) is 0 Å². The van der Waals surface area contributed by atoms with E-state index in [1.54, 1.807) is 0 Å². The van der Waals surface area contributed by atoms with E-state index in [0.29, 0.717) is 0 Å². The summed E-state index contributed by atoms with van der Waals surface area (Å²) in [6, 6.07) is 0. The molecule has 3 heteroatoms. The normalized spacial score (nSPS) is 18.6. The first-order valence-electron chi connectivity index (χ1n) is 2.63. The van der Waals surface area contributed by atoms with E-state index in [1.165, 1.54) is 6.92 Å². The second-order valence-corrected chi connectivity index (χ2v) is 4.26. The minimum absolute atomic E-state index is 0.0648. The molecule has 0 aromatic heterocycles. The van der Waals surface area contributed by atoms with Gasteiger partial charge in [0.1, 0.15) is 5.44 Å². The van der Waals surface area contributed by atoms with Gasteiger partial charge < -0.3 is 5.11 Å². The largest absolute Gasteiger partial charge is 0.380 e. The van der Waals surface area contributed by atoms with Gasteiger partial charge in [-0.15, -0.1) is 0 Å². The van der Waals surface area contributed by atoms with Crippen LogP contribution in [-0.4, -0.2) is 20.0 Å². The molecule has 0 rings (SSSR count). The van der Waals surface area contributed by atoms with Crippen LogP contribution in [0.1, 0.15) is 20.8 Å². The topological polar surface area (TPSA) is 37.3 Å². The summed E-state index contributed by atoms with van der Waals surface area (Å²) in [7, 11) is -1.07. The molecule has 2 nitrogen and oxygen atoms in total. The maximum atomic E-state index is 10.7. The molecule has 0 aromatic carbocycles. The Bertz CT molecular complexity index is 78.4. The second kappa shape index (κ2) is 3.20. The zero-order valence-corrected chi connectivity index (χ0v) is 6.23. The maximum Gasteiger partial charge on any atom is 0.126 e. The van der Waals surface area contributed by atoms with Crippen LogP contribution in [-0.2, 0) is 10.8 Å². The van der Waals surface area contributed by atoms with Crippen molar-refractivity contribution >= 4 is 10.8 Å². The van der Waals surface area contributed by atoms with E-state index in [-0.39, 0.29) is 5.25 Å². The molecule has 0 aliphatic carbocycles. The van der Waals surface area contributed by atoms with Gasteiger partial charge in [-0.25, -0.2) is 0 Å². The van der Waals surface area contributed by atoms with Crippen molar-refractivity contribution in [3.63, 3.8) is 0 Å². The summed E-state index contributed by atoms with van der Waals surface area (Å²) in [4.78, 5) is 0. The quantitative estimate of drug-likeness (QED) is 0.599. The van der Waals surface area contributed by atoms with Crippen LogP contribution in [0.3, 0.4) is 0 Å². The number of aliphatic hydroxyl groups is 1. The van der Waals surface area contributed by atoms with Gasteiger partial charge >= 0.3 is 0 Å². The minimum Gasteiger partial charge on any atom is -0.380 e. The lowest BCUT2D eigenvalue weighted by Gasteiger charge is -2.06. The van der Waals surface area contributed by atoms with Crippen LogP contribution >= 0.6 is 0 Å². The first-order chi connectivity index (χ1) is 3.55. The number of aliphatic hydroxyl groups excluding tert-OH is 1. The average Bonchev–Trinajstić information content (AvgIpc) is 1.64. The Labute approximate surface area is 52.4 Å². The summed E-state index contributed by atoms with van der Waals surface area (Å²) in [5, 5.41) is 8.76. The van der Waals surface area contributed by atoms with Crippen LogP contribution in [0.25, 0.3) is 0 Å². The van der Waals surface area contributed by atoms with Crippen molar-refractivity contribution in [3.8, 4) is 0 Å². The predicted molar refractivity (Wildman–Crippen MR) is 35.0 cm³/mol. The van der Waals surface area contributed by atoms with Crippen molar-refractivity contribution in [1.82, 2.24) is 0 Å². The molecule has 1 N–H and O–H groups in total.